The molecule has 116 valence electrons. The van der Waals surface area contributed by atoms with E-state index >= 15 is 0 Å². The number of rotatable bonds is 6. The third kappa shape index (κ3) is 4.45. The zero-order valence-corrected chi connectivity index (χ0v) is 11.4. The number of carbonyl (C=O) groups is 2. The number of anilines is 1. The fourth-order valence-corrected chi connectivity index (χ4v) is 1.63. The number of halogens is 3. The van der Waals surface area contributed by atoms with Gasteiger partial charge in [-0.2, -0.15) is 0 Å². The molecule has 1 aromatic rings. The average molecular weight is 304 g/mol. The van der Waals surface area contributed by atoms with Gasteiger partial charge in [0.05, 0.1) is 12.2 Å². The van der Waals surface area contributed by atoms with Crippen molar-refractivity contribution in [1.82, 2.24) is 5.32 Å². The maximum Gasteiger partial charge on any atom is 0.320 e. The van der Waals surface area contributed by atoms with Crippen molar-refractivity contribution < 1.29 is 27.9 Å². The van der Waals surface area contributed by atoms with Crippen LogP contribution in [0, 0.1) is 23.4 Å². The van der Waals surface area contributed by atoms with Gasteiger partial charge in [0.1, 0.15) is 6.04 Å². The number of amides is 1. The van der Waals surface area contributed by atoms with E-state index in [-0.39, 0.29) is 5.92 Å². The lowest BCUT2D eigenvalue weighted by molar-refractivity contribution is -0.140. The normalized spacial score (nSPS) is 12.3. The Morgan fingerprint density at radius 2 is 1.81 bits per heavy atom. The summed E-state index contributed by atoms with van der Waals surface area (Å²) < 4.78 is 39.0. The van der Waals surface area contributed by atoms with Crippen molar-refractivity contribution in [2.24, 2.45) is 5.92 Å². The van der Waals surface area contributed by atoms with Crippen LogP contribution in [0.2, 0.25) is 0 Å². The molecule has 0 aliphatic heterocycles. The van der Waals surface area contributed by atoms with Crippen LogP contribution in [0.5, 0.6) is 0 Å². The van der Waals surface area contributed by atoms with Gasteiger partial charge in [-0.15, -0.1) is 0 Å². The summed E-state index contributed by atoms with van der Waals surface area (Å²) in [4.78, 5) is 22.5. The highest BCUT2D eigenvalue weighted by molar-refractivity contribution is 5.92. The Balaban J connectivity index is 2.66. The van der Waals surface area contributed by atoms with Crippen molar-refractivity contribution in [1.29, 1.82) is 0 Å². The number of benzene rings is 1. The molecule has 0 aromatic heterocycles. The highest BCUT2D eigenvalue weighted by Gasteiger charge is 2.22. The lowest BCUT2D eigenvalue weighted by Crippen LogP contribution is -2.44. The second-order valence-corrected chi connectivity index (χ2v) is 4.71. The van der Waals surface area contributed by atoms with Gasteiger partial charge in [0.25, 0.3) is 0 Å². The summed E-state index contributed by atoms with van der Waals surface area (Å²) in [5.74, 6) is -6.73. The maximum absolute atomic E-state index is 13.3. The molecule has 21 heavy (non-hydrogen) atoms. The highest BCUT2D eigenvalue weighted by atomic mass is 19.2. The van der Waals surface area contributed by atoms with Crippen LogP contribution in [0.15, 0.2) is 12.1 Å². The summed E-state index contributed by atoms with van der Waals surface area (Å²) in [7, 11) is 0. The molecular formula is C13H15F3N2O3. The molecule has 0 aliphatic carbocycles. The van der Waals surface area contributed by atoms with Gasteiger partial charge in [0.2, 0.25) is 5.91 Å². The van der Waals surface area contributed by atoms with Gasteiger partial charge in [0.15, 0.2) is 17.5 Å². The van der Waals surface area contributed by atoms with E-state index in [9.17, 15) is 22.8 Å². The molecule has 3 N–H and O–H groups in total. The minimum Gasteiger partial charge on any atom is -0.480 e. The summed E-state index contributed by atoms with van der Waals surface area (Å²) in [6.07, 6.45) is 0. The van der Waals surface area contributed by atoms with Gasteiger partial charge >= 0.3 is 5.97 Å². The first-order valence-electron chi connectivity index (χ1n) is 6.13. The van der Waals surface area contributed by atoms with E-state index in [2.05, 4.69) is 5.32 Å². The largest absolute Gasteiger partial charge is 0.480 e. The van der Waals surface area contributed by atoms with E-state index in [4.69, 9.17) is 5.11 Å². The summed E-state index contributed by atoms with van der Waals surface area (Å²) in [6, 6.07) is 0.601. The number of carboxylic acids is 1. The van der Waals surface area contributed by atoms with E-state index < -0.39 is 47.6 Å². The van der Waals surface area contributed by atoms with Gasteiger partial charge in [-0.05, 0) is 18.1 Å². The molecular weight excluding hydrogens is 289 g/mol. The molecule has 1 atom stereocenters. The predicted molar refractivity (Wildman–Crippen MR) is 69.2 cm³/mol. The summed E-state index contributed by atoms with van der Waals surface area (Å²) in [5, 5.41) is 13.4. The molecule has 1 unspecified atom stereocenters. The summed E-state index contributed by atoms with van der Waals surface area (Å²) in [6.45, 7) is 2.89. The molecule has 0 bridgehead atoms. The van der Waals surface area contributed by atoms with Gasteiger partial charge < -0.3 is 10.4 Å². The second kappa shape index (κ2) is 7.07. The van der Waals surface area contributed by atoms with Gasteiger partial charge in [-0.25, -0.2) is 13.2 Å². The SMILES string of the molecule is CC(C)C(NCC(=O)Nc1ccc(F)c(F)c1F)C(=O)O. The number of nitrogens with one attached hydrogen (secondary N) is 2. The highest BCUT2D eigenvalue weighted by Crippen LogP contribution is 2.19. The van der Waals surface area contributed by atoms with Crippen molar-refractivity contribution in [2.75, 3.05) is 11.9 Å². The van der Waals surface area contributed by atoms with Crippen molar-refractivity contribution in [3.05, 3.63) is 29.6 Å². The molecule has 0 spiro atoms. The number of carbonyl (C=O) groups excluding carboxylic acids is 1. The number of hydrogen-bond donors (Lipinski definition) is 3. The van der Waals surface area contributed by atoms with Gasteiger partial charge in [-0.1, -0.05) is 13.8 Å². The van der Waals surface area contributed by atoms with Crippen molar-refractivity contribution >= 4 is 17.6 Å². The minimum atomic E-state index is -1.69. The molecule has 0 aliphatic rings. The molecule has 0 saturated heterocycles. The monoisotopic (exact) mass is 304 g/mol. The van der Waals surface area contributed by atoms with Crippen molar-refractivity contribution in [3.63, 3.8) is 0 Å². The third-order valence-corrected chi connectivity index (χ3v) is 2.72. The molecule has 0 fully saturated rings. The molecule has 8 heteroatoms. The molecule has 0 saturated carbocycles. The zero-order chi connectivity index (χ0) is 16.2. The maximum atomic E-state index is 13.3. The Bertz CT molecular complexity index is 550. The molecule has 1 amide bonds. The van der Waals surface area contributed by atoms with Crippen LogP contribution < -0.4 is 10.6 Å². The Kier molecular flexibility index (Phi) is 5.71. The van der Waals surface area contributed by atoms with Crippen LogP contribution in [0.4, 0.5) is 18.9 Å². The number of hydrogen-bond acceptors (Lipinski definition) is 3. The lowest BCUT2D eigenvalue weighted by Gasteiger charge is -2.17. The van der Waals surface area contributed by atoms with E-state index in [0.29, 0.717) is 6.07 Å². The Morgan fingerprint density at radius 1 is 1.19 bits per heavy atom. The van der Waals surface area contributed by atoms with Crippen LogP contribution in [-0.2, 0) is 9.59 Å². The smallest absolute Gasteiger partial charge is 0.320 e. The van der Waals surface area contributed by atoms with Crippen LogP contribution in [0.25, 0.3) is 0 Å². The first-order valence-corrected chi connectivity index (χ1v) is 6.13. The Hall–Kier alpha value is -2.09. The van der Waals surface area contributed by atoms with E-state index in [1.54, 1.807) is 13.8 Å². The van der Waals surface area contributed by atoms with Crippen LogP contribution in [0.3, 0.4) is 0 Å². The van der Waals surface area contributed by atoms with E-state index in [1.165, 1.54) is 0 Å². The molecule has 1 rings (SSSR count). The van der Waals surface area contributed by atoms with E-state index in [0.717, 1.165) is 6.07 Å². The molecule has 1 aromatic carbocycles. The zero-order valence-electron chi connectivity index (χ0n) is 11.4. The lowest BCUT2D eigenvalue weighted by atomic mass is 10.1. The quantitative estimate of drug-likeness (QED) is 0.700. The van der Waals surface area contributed by atoms with Crippen LogP contribution in [-0.4, -0.2) is 29.6 Å². The minimum absolute atomic E-state index is 0.268. The second-order valence-electron chi connectivity index (χ2n) is 4.71. The van der Waals surface area contributed by atoms with Gasteiger partial charge in [-0.3, -0.25) is 14.9 Å². The number of aliphatic carboxylic acids is 1. The topological polar surface area (TPSA) is 78.4 Å². The fourth-order valence-electron chi connectivity index (χ4n) is 1.63. The first kappa shape index (κ1) is 17.0. The van der Waals surface area contributed by atoms with Crippen LogP contribution in [0.1, 0.15) is 13.8 Å². The third-order valence-electron chi connectivity index (χ3n) is 2.72. The first-order chi connectivity index (χ1) is 9.73. The molecule has 0 radical (unpaired) electrons. The van der Waals surface area contributed by atoms with Gasteiger partial charge in [0, 0.05) is 0 Å². The fraction of sp³-hybridized carbons (Fsp3) is 0.385. The molecule has 5 nitrogen and oxygen atoms in total. The molecule has 0 heterocycles. The van der Waals surface area contributed by atoms with Crippen molar-refractivity contribution in [3.8, 4) is 0 Å². The number of carboxylic acid groups (broad SMARTS) is 1. The predicted octanol–water partition coefficient (Wildman–Crippen LogP) is 1.74. The average Bonchev–Trinajstić information content (AvgIpc) is 2.39. The van der Waals surface area contributed by atoms with Crippen molar-refractivity contribution in [2.45, 2.75) is 19.9 Å². The standard InChI is InChI=1S/C13H15F3N2O3/c1-6(2)12(13(20)21)17-5-9(19)18-8-4-3-7(14)10(15)11(8)16/h3-4,6,12,17H,5H2,1-2H3,(H,18,19)(H,20,21). The summed E-state index contributed by atoms with van der Waals surface area (Å²) >= 11 is 0. The Labute approximate surface area is 119 Å². The van der Waals surface area contributed by atoms with E-state index in [1.807, 2.05) is 5.32 Å². The summed E-state index contributed by atoms with van der Waals surface area (Å²) in [5.41, 5.74) is -0.517. The van der Waals surface area contributed by atoms with Crippen LogP contribution >= 0.6 is 0 Å². The Morgan fingerprint density at radius 3 is 2.33 bits per heavy atom.